The van der Waals surface area contributed by atoms with Gasteiger partial charge in [-0.15, -0.1) is 0 Å². The van der Waals surface area contributed by atoms with Gasteiger partial charge in [-0.25, -0.2) is 9.97 Å². The highest BCUT2D eigenvalue weighted by Crippen LogP contribution is 2.44. The van der Waals surface area contributed by atoms with E-state index in [1.165, 1.54) is 43.8 Å². The number of pyridine rings is 2. The molecular formula is C50H36N6. The van der Waals surface area contributed by atoms with Gasteiger partial charge in [0.15, 0.2) is 0 Å². The molecule has 6 heteroatoms. The first-order valence-electron chi connectivity index (χ1n) is 19.0. The summed E-state index contributed by atoms with van der Waals surface area (Å²) >= 11 is 0. The number of aryl methyl sites for hydroxylation is 2. The second-order valence-corrected chi connectivity index (χ2v) is 14.7. The van der Waals surface area contributed by atoms with E-state index in [9.17, 15) is 0 Å². The lowest BCUT2D eigenvalue weighted by atomic mass is 9.93. The van der Waals surface area contributed by atoms with Crippen LogP contribution in [0.1, 0.15) is 16.7 Å². The minimum Gasteiger partial charge on any atom is -0.354 e. The number of aromatic amines is 1. The molecule has 5 heterocycles. The molecule has 0 fully saturated rings. The monoisotopic (exact) mass is 720 g/mol. The van der Waals surface area contributed by atoms with Gasteiger partial charge in [-0.2, -0.15) is 0 Å². The van der Waals surface area contributed by atoms with Gasteiger partial charge in [-0.05, 0) is 121 Å². The van der Waals surface area contributed by atoms with E-state index >= 15 is 0 Å². The molecule has 1 N–H and O–H groups in total. The van der Waals surface area contributed by atoms with Crippen LogP contribution in [0.2, 0.25) is 0 Å². The van der Waals surface area contributed by atoms with Crippen LogP contribution in [0.4, 0.5) is 0 Å². The van der Waals surface area contributed by atoms with E-state index < -0.39 is 0 Å². The number of hydrogen-bond acceptors (Lipinski definition) is 3. The van der Waals surface area contributed by atoms with E-state index in [1.54, 1.807) is 0 Å². The molecule has 6 nitrogen and oxygen atoms in total. The number of nitrogens with zero attached hydrogens (tertiary/aromatic N) is 5. The van der Waals surface area contributed by atoms with Crippen molar-refractivity contribution in [2.45, 2.75) is 20.8 Å². The Morgan fingerprint density at radius 1 is 0.518 bits per heavy atom. The Bertz CT molecular complexity index is 3320. The van der Waals surface area contributed by atoms with Crippen molar-refractivity contribution in [1.82, 2.24) is 29.1 Å². The van der Waals surface area contributed by atoms with Gasteiger partial charge >= 0.3 is 0 Å². The lowest BCUT2D eigenvalue weighted by Gasteiger charge is -2.13. The van der Waals surface area contributed by atoms with Crippen molar-refractivity contribution in [2.75, 3.05) is 0 Å². The zero-order chi connectivity index (χ0) is 37.5. The first kappa shape index (κ1) is 32.1. The Kier molecular flexibility index (Phi) is 7.10. The van der Waals surface area contributed by atoms with Crippen molar-refractivity contribution in [3.05, 3.63) is 175 Å². The number of benzene rings is 6. The maximum Gasteiger partial charge on any atom is 0.147 e. The number of para-hydroxylation sites is 3. The second-order valence-electron chi connectivity index (χ2n) is 14.7. The first-order chi connectivity index (χ1) is 27.5. The summed E-state index contributed by atoms with van der Waals surface area (Å²) in [6.07, 6.45) is 5.60. The molecule has 6 aromatic carbocycles. The van der Waals surface area contributed by atoms with Crippen LogP contribution in [0.5, 0.6) is 0 Å². The first-order valence-corrected chi connectivity index (χ1v) is 19.0. The van der Waals surface area contributed by atoms with Gasteiger partial charge in [0.05, 0.1) is 27.6 Å². The summed E-state index contributed by atoms with van der Waals surface area (Å²) in [7, 11) is 0. The van der Waals surface area contributed by atoms with Gasteiger partial charge in [0.25, 0.3) is 0 Å². The van der Waals surface area contributed by atoms with Gasteiger partial charge < -0.3 is 4.98 Å². The van der Waals surface area contributed by atoms with E-state index in [4.69, 9.17) is 9.97 Å². The lowest BCUT2D eigenvalue weighted by molar-refractivity contribution is 1.08. The van der Waals surface area contributed by atoms with Crippen molar-refractivity contribution >= 4 is 54.6 Å². The fourth-order valence-corrected chi connectivity index (χ4v) is 8.81. The third-order valence-corrected chi connectivity index (χ3v) is 11.7. The summed E-state index contributed by atoms with van der Waals surface area (Å²) in [6.45, 7) is 6.67. The summed E-state index contributed by atoms with van der Waals surface area (Å²) < 4.78 is 4.59. The van der Waals surface area contributed by atoms with Crippen LogP contribution in [0.3, 0.4) is 0 Å². The molecule has 0 amide bonds. The lowest BCUT2D eigenvalue weighted by Crippen LogP contribution is -1.98. The molecule has 0 saturated carbocycles. The number of aromatic nitrogens is 6. The second kappa shape index (κ2) is 12.4. The molecular weight excluding hydrogens is 685 g/mol. The van der Waals surface area contributed by atoms with Crippen LogP contribution >= 0.6 is 0 Å². The number of hydrogen-bond donors (Lipinski definition) is 1. The number of nitrogens with one attached hydrogen (secondary N) is 1. The molecule has 11 rings (SSSR count). The molecule has 11 aromatic rings. The standard InChI is InChI=1S/C50H36N6/c1-30-28-41-46(32(3)31(30)2)47-36(33-23-26-51-27-24-33)21-22-40(49(47)53-41)50-54-48-37(15-11-17-43(48)55(50)35-12-5-4-6-13-35)34-19-20-39-38-14-7-8-16-42(38)56(44(39)29-34)45-18-9-10-25-52-45/h4-29,53H,1-3H3. The smallest absolute Gasteiger partial charge is 0.147 e. The molecule has 5 aromatic heterocycles. The summed E-state index contributed by atoms with van der Waals surface area (Å²) in [5, 5.41) is 4.83. The fourth-order valence-electron chi connectivity index (χ4n) is 8.81. The zero-order valence-electron chi connectivity index (χ0n) is 31.2. The van der Waals surface area contributed by atoms with Crippen LogP contribution in [-0.4, -0.2) is 29.1 Å². The number of imidazole rings is 1. The molecule has 0 aliphatic rings. The Morgan fingerprint density at radius 2 is 1.29 bits per heavy atom. The molecule has 0 atom stereocenters. The molecule has 0 spiro atoms. The summed E-state index contributed by atoms with van der Waals surface area (Å²) in [5.74, 6) is 1.77. The highest BCUT2D eigenvalue weighted by atomic mass is 15.1. The highest BCUT2D eigenvalue weighted by Gasteiger charge is 2.24. The van der Waals surface area contributed by atoms with Gasteiger partial charge in [-0.1, -0.05) is 72.8 Å². The maximum absolute atomic E-state index is 5.63. The normalized spacial score (nSPS) is 11.8. The quantitative estimate of drug-likeness (QED) is 0.192. The van der Waals surface area contributed by atoms with Gasteiger partial charge in [0, 0.05) is 62.5 Å². The molecule has 0 aliphatic heterocycles. The predicted octanol–water partition coefficient (Wildman–Crippen LogP) is 12.5. The van der Waals surface area contributed by atoms with Crippen LogP contribution in [-0.2, 0) is 0 Å². The molecule has 56 heavy (non-hydrogen) atoms. The molecule has 0 aliphatic carbocycles. The summed E-state index contributed by atoms with van der Waals surface area (Å²) in [4.78, 5) is 18.7. The topological polar surface area (TPSA) is 64.3 Å². The highest BCUT2D eigenvalue weighted by molar-refractivity contribution is 6.19. The number of H-pyrrole nitrogens is 1. The van der Waals surface area contributed by atoms with Crippen LogP contribution < -0.4 is 0 Å². The van der Waals surface area contributed by atoms with Gasteiger partial charge in [-0.3, -0.25) is 14.1 Å². The predicted molar refractivity (Wildman–Crippen MR) is 231 cm³/mol. The van der Waals surface area contributed by atoms with Gasteiger partial charge in [0.2, 0.25) is 0 Å². The minimum atomic E-state index is 0.881. The Morgan fingerprint density at radius 3 is 2.12 bits per heavy atom. The van der Waals surface area contributed by atoms with Crippen molar-refractivity contribution in [1.29, 1.82) is 0 Å². The fraction of sp³-hybridized carbons (Fsp3) is 0.0600. The van der Waals surface area contributed by atoms with E-state index in [-0.39, 0.29) is 0 Å². The molecule has 0 radical (unpaired) electrons. The van der Waals surface area contributed by atoms with Crippen molar-refractivity contribution < 1.29 is 0 Å². The summed E-state index contributed by atoms with van der Waals surface area (Å²) in [5.41, 5.74) is 16.8. The van der Waals surface area contributed by atoms with Crippen LogP contribution in [0, 0.1) is 20.8 Å². The Hall–Kier alpha value is -7.31. The number of rotatable bonds is 5. The van der Waals surface area contributed by atoms with Crippen LogP contribution in [0.15, 0.2) is 158 Å². The van der Waals surface area contributed by atoms with Crippen molar-refractivity contribution in [2.24, 2.45) is 0 Å². The van der Waals surface area contributed by atoms with Crippen molar-refractivity contribution in [3.63, 3.8) is 0 Å². The molecule has 0 unspecified atom stereocenters. The van der Waals surface area contributed by atoms with E-state index in [0.29, 0.717) is 0 Å². The Balaban J connectivity index is 1.21. The molecule has 0 bridgehead atoms. The molecule has 266 valence electrons. The Labute approximate surface area is 323 Å². The third kappa shape index (κ3) is 4.72. The van der Waals surface area contributed by atoms with E-state index in [2.05, 4.69) is 167 Å². The average molecular weight is 721 g/mol. The molecule has 0 saturated heterocycles. The SMILES string of the molecule is Cc1cc2[nH]c3c(-c4nc5c(-c6ccc7c8ccccc8n(-c8ccccn8)c7c6)cccc5n4-c4ccccc4)ccc(-c4ccncc4)c3c2c(C)c1C. The largest absolute Gasteiger partial charge is 0.354 e. The third-order valence-electron chi connectivity index (χ3n) is 11.7. The summed E-state index contributed by atoms with van der Waals surface area (Å²) in [6, 6.07) is 49.5. The van der Waals surface area contributed by atoms with Gasteiger partial charge in [0.1, 0.15) is 11.6 Å². The average Bonchev–Trinajstić information content (AvgIpc) is 3.93. The minimum absolute atomic E-state index is 0.881. The number of fused-ring (bicyclic) bond motifs is 7. The maximum atomic E-state index is 5.63. The van der Waals surface area contributed by atoms with E-state index in [1.807, 2.05) is 30.7 Å². The zero-order valence-corrected chi connectivity index (χ0v) is 31.2. The van der Waals surface area contributed by atoms with E-state index in [0.717, 1.165) is 72.7 Å². The van der Waals surface area contributed by atoms with Crippen molar-refractivity contribution in [3.8, 4) is 45.1 Å². The van der Waals surface area contributed by atoms with Crippen LogP contribution in [0.25, 0.3) is 99.8 Å².